The van der Waals surface area contributed by atoms with Crippen LogP contribution in [0.4, 0.5) is 20.2 Å². The van der Waals surface area contributed by atoms with E-state index in [4.69, 9.17) is 5.73 Å². The van der Waals surface area contributed by atoms with Crippen molar-refractivity contribution in [3.63, 3.8) is 0 Å². The van der Waals surface area contributed by atoms with E-state index in [0.717, 1.165) is 18.2 Å². The van der Waals surface area contributed by atoms with Gasteiger partial charge >= 0.3 is 0 Å². The lowest BCUT2D eigenvalue weighted by Gasteiger charge is -2.11. The number of sulfonamides is 1. The molecule has 106 valence electrons. The van der Waals surface area contributed by atoms with Crippen LogP contribution in [0.25, 0.3) is 0 Å². The molecule has 0 spiro atoms. The molecule has 0 unspecified atom stereocenters. The van der Waals surface area contributed by atoms with E-state index in [0.29, 0.717) is 5.56 Å². The van der Waals surface area contributed by atoms with Gasteiger partial charge in [0.15, 0.2) is 0 Å². The van der Waals surface area contributed by atoms with Crippen LogP contribution < -0.4 is 10.5 Å². The Balaban J connectivity index is 2.40. The fourth-order valence-corrected chi connectivity index (χ4v) is 2.65. The number of halogens is 2. The number of hydrogen-bond donors (Lipinski definition) is 2. The summed E-state index contributed by atoms with van der Waals surface area (Å²) in [5.74, 6) is -1.27. The third-order valence-electron chi connectivity index (χ3n) is 2.71. The van der Waals surface area contributed by atoms with Crippen molar-refractivity contribution in [1.29, 1.82) is 0 Å². The monoisotopic (exact) mass is 298 g/mol. The second-order valence-electron chi connectivity index (χ2n) is 4.25. The summed E-state index contributed by atoms with van der Waals surface area (Å²) in [6, 6.07) is 6.81. The molecule has 0 amide bonds. The molecule has 0 aliphatic heterocycles. The van der Waals surface area contributed by atoms with Crippen molar-refractivity contribution in [2.45, 2.75) is 11.8 Å². The fraction of sp³-hybridized carbons (Fsp3) is 0.0769. The lowest BCUT2D eigenvalue weighted by atomic mass is 10.2. The van der Waals surface area contributed by atoms with Crippen LogP contribution >= 0.6 is 0 Å². The van der Waals surface area contributed by atoms with E-state index in [1.165, 1.54) is 25.1 Å². The Morgan fingerprint density at radius 1 is 1.10 bits per heavy atom. The molecule has 0 saturated heterocycles. The van der Waals surface area contributed by atoms with E-state index in [1.54, 1.807) is 0 Å². The summed E-state index contributed by atoms with van der Waals surface area (Å²) in [6.07, 6.45) is 0. The number of nitrogens with two attached hydrogens (primary N) is 1. The molecule has 0 bridgehead atoms. The molecule has 0 atom stereocenters. The number of hydrogen-bond acceptors (Lipinski definition) is 3. The van der Waals surface area contributed by atoms with Gasteiger partial charge in [0.05, 0.1) is 16.3 Å². The normalized spacial score (nSPS) is 11.3. The van der Waals surface area contributed by atoms with Crippen LogP contribution in [0.3, 0.4) is 0 Å². The molecule has 0 aliphatic rings. The van der Waals surface area contributed by atoms with Crippen molar-refractivity contribution in [3.05, 3.63) is 53.6 Å². The largest absolute Gasteiger partial charge is 0.397 e. The summed E-state index contributed by atoms with van der Waals surface area (Å²) in [5, 5.41) is 0. The van der Waals surface area contributed by atoms with E-state index < -0.39 is 21.7 Å². The minimum absolute atomic E-state index is 0.0718. The average Bonchev–Trinajstić information content (AvgIpc) is 2.36. The molecule has 0 heterocycles. The molecule has 2 rings (SSSR count). The van der Waals surface area contributed by atoms with Gasteiger partial charge in [0.2, 0.25) is 0 Å². The number of nitrogen functional groups attached to an aromatic ring is 1. The molecule has 2 aromatic rings. The quantitative estimate of drug-likeness (QED) is 0.856. The van der Waals surface area contributed by atoms with Crippen molar-refractivity contribution in [3.8, 4) is 0 Å². The first kappa shape index (κ1) is 14.3. The Labute approximate surface area is 115 Å². The predicted molar refractivity (Wildman–Crippen MR) is 72.8 cm³/mol. The Morgan fingerprint density at radius 2 is 1.80 bits per heavy atom. The van der Waals surface area contributed by atoms with Gasteiger partial charge in [-0.2, -0.15) is 0 Å². The first-order valence-electron chi connectivity index (χ1n) is 5.63. The second kappa shape index (κ2) is 5.09. The number of rotatable bonds is 3. The van der Waals surface area contributed by atoms with Gasteiger partial charge in [-0.15, -0.1) is 0 Å². The standard InChI is InChI=1S/C13H12F2N2O2S/c1-8-2-4-10(7-11(8)15)20(18,19)17-13-6-9(14)3-5-12(13)16/h2-7,17H,16H2,1H3. The van der Waals surface area contributed by atoms with E-state index in [2.05, 4.69) is 4.72 Å². The van der Waals surface area contributed by atoms with Gasteiger partial charge in [-0.3, -0.25) is 4.72 Å². The first-order chi connectivity index (χ1) is 9.29. The smallest absolute Gasteiger partial charge is 0.262 e. The molecule has 2 aromatic carbocycles. The second-order valence-corrected chi connectivity index (χ2v) is 5.93. The fourth-order valence-electron chi connectivity index (χ4n) is 1.56. The molecule has 0 radical (unpaired) electrons. The van der Waals surface area contributed by atoms with Crippen LogP contribution in [-0.2, 0) is 10.0 Å². The van der Waals surface area contributed by atoms with Gasteiger partial charge in [0, 0.05) is 6.07 Å². The van der Waals surface area contributed by atoms with E-state index >= 15 is 0 Å². The molecule has 3 N–H and O–H groups in total. The van der Waals surface area contributed by atoms with Crippen LogP contribution in [0, 0.1) is 18.6 Å². The maximum atomic E-state index is 13.4. The van der Waals surface area contributed by atoms with E-state index in [-0.39, 0.29) is 16.3 Å². The van der Waals surface area contributed by atoms with Gasteiger partial charge in [-0.05, 0) is 36.8 Å². The van der Waals surface area contributed by atoms with Gasteiger partial charge in [-0.25, -0.2) is 17.2 Å². The molecule has 20 heavy (non-hydrogen) atoms. The van der Waals surface area contributed by atoms with Gasteiger partial charge in [0.25, 0.3) is 10.0 Å². The molecular formula is C13H12F2N2O2S. The minimum Gasteiger partial charge on any atom is -0.397 e. The van der Waals surface area contributed by atoms with Crippen molar-refractivity contribution in [1.82, 2.24) is 0 Å². The zero-order valence-electron chi connectivity index (χ0n) is 10.5. The summed E-state index contributed by atoms with van der Waals surface area (Å²) in [4.78, 5) is -0.260. The van der Waals surface area contributed by atoms with Crippen LogP contribution in [-0.4, -0.2) is 8.42 Å². The summed E-state index contributed by atoms with van der Waals surface area (Å²) in [5.41, 5.74) is 5.87. The van der Waals surface area contributed by atoms with Crippen LogP contribution in [0.5, 0.6) is 0 Å². The number of aryl methyl sites for hydroxylation is 1. The Bertz CT molecular complexity index is 761. The summed E-state index contributed by atoms with van der Waals surface area (Å²) in [6.45, 7) is 1.52. The van der Waals surface area contributed by atoms with E-state index in [1.807, 2.05) is 0 Å². The molecule has 7 heteroatoms. The highest BCUT2D eigenvalue weighted by Crippen LogP contribution is 2.23. The zero-order chi connectivity index (χ0) is 14.9. The van der Waals surface area contributed by atoms with Crippen LogP contribution in [0.15, 0.2) is 41.3 Å². The maximum Gasteiger partial charge on any atom is 0.262 e. The molecule has 0 fully saturated rings. The third-order valence-corrected chi connectivity index (χ3v) is 4.08. The molecule has 4 nitrogen and oxygen atoms in total. The molecule has 0 saturated carbocycles. The van der Waals surface area contributed by atoms with Crippen molar-refractivity contribution in [2.75, 3.05) is 10.5 Å². The first-order valence-corrected chi connectivity index (χ1v) is 7.12. The van der Waals surface area contributed by atoms with Gasteiger partial charge in [-0.1, -0.05) is 6.07 Å². The maximum absolute atomic E-state index is 13.4. The van der Waals surface area contributed by atoms with Crippen molar-refractivity contribution >= 4 is 21.4 Å². The highest BCUT2D eigenvalue weighted by Gasteiger charge is 2.17. The SMILES string of the molecule is Cc1ccc(S(=O)(=O)Nc2cc(F)ccc2N)cc1F. The third kappa shape index (κ3) is 2.88. The topological polar surface area (TPSA) is 72.2 Å². The lowest BCUT2D eigenvalue weighted by molar-refractivity contribution is 0.593. The average molecular weight is 298 g/mol. The predicted octanol–water partition coefficient (Wildman–Crippen LogP) is 2.66. The highest BCUT2D eigenvalue weighted by molar-refractivity contribution is 7.92. The Hall–Kier alpha value is -2.15. The highest BCUT2D eigenvalue weighted by atomic mass is 32.2. The Kier molecular flexibility index (Phi) is 3.63. The summed E-state index contributed by atoms with van der Waals surface area (Å²) < 4.78 is 52.8. The van der Waals surface area contributed by atoms with Gasteiger partial charge < -0.3 is 5.73 Å². The van der Waals surface area contributed by atoms with Gasteiger partial charge in [0.1, 0.15) is 11.6 Å². The summed E-state index contributed by atoms with van der Waals surface area (Å²) >= 11 is 0. The molecular weight excluding hydrogens is 286 g/mol. The van der Waals surface area contributed by atoms with E-state index in [9.17, 15) is 17.2 Å². The lowest BCUT2D eigenvalue weighted by Crippen LogP contribution is -2.14. The van der Waals surface area contributed by atoms with Crippen LogP contribution in [0.1, 0.15) is 5.56 Å². The minimum atomic E-state index is -4.03. The zero-order valence-corrected chi connectivity index (χ0v) is 11.3. The Morgan fingerprint density at radius 3 is 2.45 bits per heavy atom. The van der Waals surface area contributed by atoms with Crippen molar-refractivity contribution < 1.29 is 17.2 Å². The summed E-state index contributed by atoms with van der Waals surface area (Å²) in [7, 11) is -4.03. The van der Waals surface area contributed by atoms with Crippen LogP contribution in [0.2, 0.25) is 0 Å². The number of benzene rings is 2. The number of nitrogens with one attached hydrogen (secondary N) is 1. The van der Waals surface area contributed by atoms with Crippen molar-refractivity contribution in [2.24, 2.45) is 0 Å². The molecule has 0 aromatic heterocycles. The number of anilines is 2. The molecule has 0 aliphatic carbocycles.